The lowest BCUT2D eigenvalue weighted by Gasteiger charge is -2.26. The van der Waals surface area contributed by atoms with E-state index in [1.165, 1.54) is 0 Å². The van der Waals surface area contributed by atoms with Gasteiger partial charge in [-0.05, 0) is 26.0 Å². The van der Waals surface area contributed by atoms with Gasteiger partial charge in [-0.2, -0.15) is 0 Å². The normalized spacial score (nSPS) is 11.2. The van der Waals surface area contributed by atoms with Gasteiger partial charge in [0.1, 0.15) is 0 Å². The summed E-state index contributed by atoms with van der Waals surface area (Å²) in [6.07, 6.45) is 1.61. The smallest absolute Gasteiger partial charge is 0.309 e. The van der Waals surface area contributed by atoms with Crippen LogP contribution in [0.4, 0.5) is 0 Å². The van der Waals surface area contributed by atoms with E-state index in [4.69, 9.17) is 9.84 Å². The van der Waals surface area contributed by atoms with Crippen molar-refractivity contribution in [3.8, 4) is 0 Å². The second-order valence-electron chi connectivity index (χ2n) is 5.49. The summed E-state index contributed by atoms with van der Waals surface area (Å²) in [6, 6.07) is 5.48. The number of hydrogen-bond acceptors (Lipinski definition) is 4. The van der Waals surface area contributed by atoms with Crippen molar-refractivity contribution >= 4 is 11.9 Å². The van der Waals surface area contributed by atoms with Gasteiger partial charge in [-0.1, -0.05) is 6.07 Å². The molecule has 1 rings (SSSR count). The first-order valence-corrected chi connectivity index (χ1v) is 6.77. The molecular weight excluding hydrogens is 272 g/mol. The molecule has 0 bridgehead atoms. The van der Waals surface area contributed by atoms with Crippen molar-refractivity contribution in [1.29, 1.82) is 0 Å². The van der Waals surface area contributed by atoms with Crippen molar-refractivity contribution in [2.24, 2.45) is 5.41 Å². The summed E-state index contributed by atoms with van der Waals surface area (Å²) in [6.45, 7) is 4.23. The van der Waals surface area contributed by atoms with E-state index in [1.54, 1.807) is 38.1 Å². The molecule has 0 spiro atoms. The van der Waals surface area contributed by atoms with Gasteiger partial charge in [0.2, 0.25) is 5.91 Å². The molecule has 1 aromatic heterocycles. The number of carbonyl (C=O) groups excluding carboxylic acids is 1. The second kappa shape index (κ2) is 7.73. The lowest BCUT2D eigenvalue weighted by Crippen LogP contribution is -2.38. The molecule has 1 amide bonds. The first-order valence-electron chi connectivity index (χ1n) is 6.77. The summed E-state index contributed by atoms with van der Waals surface area (Å²) in [7, 11) is 1.56. The number of carboxylic acids is 1. The van der Waals surface area contributed by atoms with Crippen molar-refractivity contribution < 1.29 is 19.4 Å². The molecule has 116 valence electrons. The zero-order valence-electron chi connectivity index (χ0n) is 12.7. The van der Waals surface area contributed by atoms with E-state index in [1.807, 2.05) is 12.1 Å². The third kappa shape index (κ3) is 5.51. The lowest BCUT2D eigenvalue weighted by molar-refractivity contribution is -0.151. The molecule has 0 aliphatic heterocycles. The molecule has 6 nitrogen and oxygen atoms in total. The van der Waals surface area contributed by atoms with Crippen LogP contribution in [0.5, 0.6) is 0 Å². The Morgan fingerprint density at radius 2 is 2.10 bits per heavy atom. The van der Waals surface area contributed by atoms with E-state index in [9.17, 15) is 9.59 Å². The standard InChI is InChI=1S/C15H22N2O4/c1-15(2,14(19)20)10-13(18)17(8-9-21-3)11-12-6-4-5-7-16-12/h4-7H,8-11H2,1-3H3,(H,19,20). The van der Waals surface area contributed by atoms with Crippen LogP contribution in [0.3, 0.4) is 0 Å². The zero-order valence-corrected chi connectivity index (χ0v) is 12.7. The summed E-state index contributed by atoms with van der Waals surface area (Å²) in [5, 5.41) is 9.13. The molecule has 6 heteroatoms. The van der Waals surface area contributed by atoms with E-state index in [-0.39, 0.29) is 12.3 Å². The Hall–Kier alpha value is -1.95. The van der Waals surface area contributed by atoms with E-state index in [0.29, 0.717) is 19.7 Å². The van der Waals surface area contributed by atoms with Crippen LogP contribution in [0.15, 0.2) is 24.4 Å². The highest BCUT2D eigenvalue weighted by molar-refractivity contribution is 5.84. The number of pyridine rings is 1. The molecule has 1 heterocycles. The number of rotatable bonds is 8. The Labute approximate surface area is 124 Å². The number of hydrogen-bond donors (Lipinski definition) is 1. The highest BCUT2D eigenvalue weighted by atomic mass is 16.5. The predicted molar refractivity (Wildman–Crippen MR) is 77.6 cm³/mol. The van der Waals surface area contributed by atoms with Gasteiger partial charge < -0.3 is 14.7 Å². The van der Waals surface area contributed by atoms with E-state index in [0.717, 1.165) is 5.69 Å². The SMILES string of the molecule is COCCN(Cc1ccccn1)C(=O)CC(C)(C)C(=O)O. The third-order valence-corrected chi connectivity index (χ3v) is 3.17. The van der Waals surface area contributed by atoms with E-state index < -0.39 is 11.4 Å². The van der Waals surface area contributed by atoms with Crippen molar-refractivity contribution in [1.82, 2.24) is 9.88 Å². The average Bonchev–Trinajstić information content (AvgIpc) is 2.43. The van der Waals surface area contributed by atoms with E-state index in [2.05, 4.69) is 4.98 Å². The van der Waals surface area contributed by atoms with Crippen molar-refractivity contribution in [2.75, 3.05) is 20.3 Å². The summed E-state index contributed by atoms with van der Waals surface area (Å²) >= 11 is 0. The van der Waals surface area contributed by atoms with Gasteiger partial charge in [-0.25, -0.2) is 0 Å². The van der Waals surface area contributed by atoms with Crippen LogP contribution in [0.1, 0.15) is 26.0 Å². The molecule has 0 aliphatic rings. The van der Waals surface area contributed by atoms with Crippen LogP contribution in [0, 0.1) is 5.41 Å². The van der Waals surface area contributed by atoms with Gasteiger partial charge in [0.15, 0.2) is 0 Å². The first-order chi connectivity index (χ1) is 9.86. The maximum atomic E-state index is 12.4. The van der Waals surface area contributed by atoms with Crippen LogP contribution in [-0.2, 0) is 20.9 Å². The predicted octanol–water partition coefficient (Wildman–Crippen LogP) is 1.56. The Balaban J connectivity index is 2.77. The van der Waals surface area contributed by atoms with E-state index >= 15 is 0 Å². The Kier molecular flexibility index (Phi) is 6.30. The number of aliphatic carboxylic acids is 1. The van der Waals surface area contributed by atoms with Crippen LogP contribution in [-0.4, -0.2) is 47.1 Å². The molecule has 1 aromatic rings. The fraction of sp³-hybridized carbons (Fsp3) is 0.533. The number of ether oxygens (including phenoxy) is 1. The largest absolute Gasteiger partial charge is 0.481 e. The van der Waals surface area contributed by atoms with Gasteiger partial charge in [-0.3, -0.25) is 14.6 Å². The molecule has 1 N–H and O–H groups in total. The maximum absolute atomic E-state index is 12.4. The maximum Gasteiger partial charge on any atom is 0.309 e. The zero-order chi connectivity index (χ0) is 15.9. The number of nitrogens with zero attached hydrogens (tertiary/aromatic N) is 2. The van der Waals surface area contributed by atoms with Gasteiger partial charge >= 0.3 is 5.97 Å². The van der Waals surface area contributed by atoms with Gasteiger partial charge in [0, 0.05) is 26.3 Å². The summed E-state index contributed by atoms with van der Waals surface area (Å²) in [4.78, 5) is 29.3. The minimum atomic E-state index is -1.09. The highest BCUT2D eigenvalue weighted by Crippen LogP contribution is 2.22. The molecular formula is C15H22N2O4. The first kappa shape index (κ1) is 17.1. The minimum absolute atomic E-state index is 0.0567. The van der Waals surface area contributed by atoms with Gasteiger partial charge in [0.05, 0.1) is 24.3 Å². The van der Waals surface area contributed by atoms with Crippen LogP contribution < -0.4 is 0 Å². The number of methoxy groups -OCH3 is 1. The molecule has 0 aliphatic carbocycles. The molecule has 0 atom stereocenters. The number of carbonyl (C=O) groups is 2. The summed E-state index contributed by atoms with van der Waals surface area (Å²) < 4.78 is 5.01. The molecule has 0 fully saturated rings. The summed E-state index contributed by atoms with van der Waals surface area (Å²) in [5.74, 6) is -1.20. The fourth-order valence-electron chi connectivity index (χ4n) is 1.75. The number of carboxylic acid groups (broad SMARTS) is 1. The Morgan fingerprint density at radius 3 is 2.62 bits per heavy atom. The molecule has 0 unspecified atom stereocenters. The minimum Gasteiger partial charge on any atom is -0.481 e. The molecule has 0 aromatic carbocycles. The fourth-order valence-corrected chi connectivity index (χ4v) is 1.75. The second-order valence-corrected chi connectivity index (χ2v) is 5.49. The molecule has 0 saturated heterocycles. The number of aromatic nitrogens is 1. The molecule has 0 saturated carbocycles. The number of amides is 1. The van der Waals surface area contributed by atoms with Crippen molar-refractivity contribution in [3.63, 3.8) is 0 Å². The topological polar surface area (TPSA) is 79.7 Å². The Morgan fingerprint density at radius 1 is 1.38 bits per heavy atom. The quantitative estimate of drug-likeness (QED) is 0.787. The van der Waals surface area contributed by atoms with Crippen molar-refractivity contribution in [2.45, 2.75) is 26.8 Å². The summed E-state index contributed by atoms with van der Waals surface area (Å²) in [5.41, 5.74) is -0.331. The third-order valence-electron chi connectivity index (χ3n) is 3.17. The average molecular weight is 294 g/mol. The van der Waals surface area contributed by atoms with Crippen LogP contribution in [0.2, 0.25) is 0 Å². The monoisotopic (exact) mass is 294 g/mol. The Bertz CT molecular complexity index is 474. The van der Waals surface area contributed by atoms with Gasteiger partial charge in [-0.15, -0.1) is 0 Å². The van der Waals surface area contributed by atoms with Crippen LogP contribution in [0.25, 0.3) is 0 Å². The highest BCUT2D eigenvalue weighted by Gasteiger charge is 2.32. The lowest BCUT2D eigenvalue weighted by atomic mass is 9.89. The van der Waals surface area contributed by atoms with Crippen molar-refractivity contribution in [3.05, 3.63) is 30.1 Å². The van der Waals surface area contributed by atoms with Crippen LogP contribution >= 0.6 is 0 Å². The van der Waals surface area contributed by atoms with Gasteiger partial charge in [0.25, 0.3) is 0 Å². The molecule has 0 radical (unpaired) electrons. The molecule has 21 heavy (non-hydrogen) atoms.